The molecule has 20 heavy (non-hydrogen) atoms. The Balaban J connectivity index is 3.28. The van der Waals surface area contributed by atoms with Crippen molar-refractivity contribution in [2.24, 2.45) is 0 Å². The molecule has 0 spiro atoms. The van der Waals surface area contributed by atoms with Crippen LogP contribution in [0.5, 0.6) is 0 Å². The van der Waals surface area contributed by atoms with Gasteiger partial charge in [-0.1, -0.05) is 78.1 Å². The van der Waals surface area contributed by atoms with E-state index in [2.05, 4.69) is 13.8 Å². The highest BCUT2D eigenvalue weighted by molar-refractivity contribution is 4.60. The summed E-state index contributed by atoms with van der Waals surface area (Å²) in [5.74, 6) is 0. The number of hydrogen-bond acceptors (Lipinski definition) is 2. The summed E-state index contributed by atoms with van der Waals surface area (Å²) in [6.45, 7) is 4.42. The third-order valence-electron chi connectivity index (χ3n) is 4.11. The van der Waals surface area contributed by atoms with Gasteiger partial charge in [0, 0.05) is 0 Å². The van der Waals surface area contributed by atoms with Crippen molar-refractivity contribution in [2.45, 2.75) is 116 Å². The molecule has 0 bridgehead atoms. The van der Waals surface area contributed by atoms with Crippen molar-refractivity contribution in [3.8, 4) is 0 Å². The van der Waals surface area contributed by atoms with Gasteiger partial charge in [0.1, 0.15) is 0 Å². The molecule has 2 atom stereocenters. The molecule has 2 nitrogen and oxygen atoms in total. The van der Waals surface area contributed by atoms with E-state index in [0.29, 0.717) is 0 Å². The Morgan fingerprint density at radius 1 is 0.500 bits per heavy atom. The largest absolute Gasteiger partial charge is 0.393 e. The fraction of sp³-hybridized carbons (Fsp3) is 1.00. The maximum Gasteiger partial charge on any atom is 0.0540 e. The molecule has 2 heteroatoms. The predicted octanol–water partition coefficient (Wildman–Crippen LogP) is 5.21. The van der Waals surface area contributed by atoms with Crippen molar-refractivity contribution in [3.63, 3.8) is 0 Å². The third kappa shape index (κ3) is 14.3. The van der Waals surface area contributed by atoms with Crippen LogP contribution in [0, 0.1) is 0 Å². The second-order valence-corrected chi connectivity index (χ2v) is 6.29. The Morgan fingerprint density at radius 2 is 0.800 bits per heavy atom. The lowest BCUT2D eigenvalue weighted by molar-refractivity contribution is 0.132. The molecule has 0 radical (unpaired) electrons. The maximum atomic E-state index is 9.85. The lowest BCUT2D eigenvalue weighted by Gasteiger charge is -2.12. The molecule has 0 saturated heterocycles. The highest BCUT2D eigenvalue weighted by atomic mass is 16.3. The number of aliphatic hydroxyl groups is 2. The van der Waals surface area contributed by atoms with E-state index >= 15 is 0 Å². The highest BCUT2D eigenvalue weighted by Gasteiger charge is 2.06. The van der Waals surface area contributed by atoms with E-state index in [1.54, 1.807) is 0 Å². The van der Waals surface area contributed by atoms with Crippen molar-refractivity contribution >= 4 is 0 Å². The molecule has 0 aliphatic heterocycles. The molecule has 0 aromatic carbocycles. The van der Waals surface area contributed by atoms with E-state index in [9.17, 15) is 10.2 Å². The van der Waals surface area contributed by atoms with Gasteiger partial charge in [-0.25, -0.2) is 0 Å². The summed E-state index contributed by atoms with van der Waals surface area (Å²) in [6, 6.07) is 0. The molecular weight excluding hydrogens is 248 g/mol. The van der Waals surface area contributed by atoms with Gasteiger partial charge in [-0.3, -0.25) is 0 Å². The fourth-order valence-electron chi connectivity index (χ4n) is 2.66. The van der Waals surface area contributed by atoms with Gasteiger partial charge in [-0.2, -0.15) is 0 Å². The zero-order valence-corrected chi connectivity index (χ0v) is 13.9. The Hall–Kier alpha value is -0.0800. The van der Waals surface area contributed by atoms with Crippen LogP contribution in [0.4, 0.5) is 0 Å². The molecule has 0 saturated carbocycles. The van der Waals surface area contributed by atoms with Gasteiger partial charge in [0.15, 0.2) is 0 Å². The Kier molecular flexibility index (Phi) is 15.3. The summed E-state index contributed by atoms with van der Waals surface area (Å²) >= 11 is 0. The highest BCUT2D eigenvalue weighted by Crippen LogP contribution is 2.14. The minimum atomic E-state index is -0.117. The summed E-state index contributed by atoms with van der Waals surface area (Å²) < 4.78 is 0. The Bertz CT molecular complexity index is 162. The smallest absolute Gasteiger partial charge is 0.0540 e. The molecule has 0 heterocycles. The van der Waals surface area contributed by atoms with Crippen LogP contribution in [0.3, 0.4) is 0 Å². The maximum absolute atomic E-state index is 9.85. The zero-order valence-electron chi connectivity index (χ0n) is 13.9. The van der Waals surface area contributed by atoms with Gasteiger partial charge in [0.05, 0.1) is 12.2 Å². The van der Waals surface area contributed by atoms with Crippen molar-refractivity contribution in [3.05, 3.63) is 0 Å². The lowest BCUT2D eigenvalue weighted by Crippen LogP contribution is -2.09. The van der Waals surface area contributed by atoms with E-state index in [1.165, 1.54) is 38.5 Å². The van der Waals surface area contributed by atoms with E-state index < -0.39 is 0 Å². The molecule has 0 rings (SSSR count). The topological polar surface area (TPSA) is 40.5 Å². The van der Waals surface area contributed by atoms with Gasteiger partial charge in [-0.15, -0.1) is 0 Å². The van der Waals surface area contributed by atoms with Crippen LogP contribution in [-0.4, -0.2) is 22.4 Å². The second-order valence-electron chi connectivity index (χ2n) is 6.29. The minimum Gasteiger partial charge on any atom is -0.393 e. The van der Waals surface area contributed by atoms with Crippen LogP contribution < -0.4 is 0 Å². The second kappa shape index (κ2) is 15.3. The van der Waals surface area contributed by atoms with Crippen molar-refractivity contribution in [1.29, 1.82) is 0 Å². The van der Waals surface area contributed by atoms with E-state index in [0.717, 1.165) is 51.4 Å². The van der Waals surface area contributed by atoms with Crippen LogP contribution in [-0.2, 0) is 0 Å². The molecule has 0 aromatic heterocycles. The first-order chi connectivity index (χ1) is 9.70. The molecule has 0 aliphatic rings. The Labute approximate surface area is 127 Å². The van der Waals surface area contributed by atoms with Crippen molar-refractivity contribution < 1.29 is 10.2 Å². The number of hydrogen-bond donors (Lipinski definition) is 2. The van der Waals surface area contributed by atoms with Gasteiger partial charge in [0.2, 0.25) is 0 Å². The monoisotopic (exact) mass is 286 g/mol. The third-order valence-corrected chi connectivity index (χ3v) is 4.11. The van der Waals surface area contributed by atoms with Gasteiger partial charge in [0.25, 0.3) is 0 Å². The average molecular weight is 286 g/mol. The molecule has 0 amide bonds. The summed E-state index contributed by atoms with van der Waals surface area (Å²) in [5.41, 5.74) is 0. The minimum absolute atomic E-state index is 0.117. The number of unbranched alkanes of at least 4 members (excludes halogenated alkanes) is 7. The van der Waals surface area contributed by atoms with Gasteiger partial charge < -0.3 is 10.2 Å². The first-order valence-electron chi connectivity index (χ1n) is 9.06. The fourth-order valence-corrected chi connectivity index (χ4v) is 2.66. The molecular formula is C18H38O2. The molecule has 122 valence electrons. The molecule has 2 N–H and O–H groups in total. The summed E-state index contributed by atoms with van der Waals surface area (Å²) in [4.78, 5) is 0. The van der Waals surface area contributed by atoms with Crippen LogP contribution in [0.25, 0.3) is 0 Å². The van der Waals surface area contributed by atoms with E-state index in [-0.39, 0.29) is 12.2 Å². The van der Waals surface area contributed by atoms with Crippen LogP contribution in [0.2, 0.25) is 0 Å². The predicted molar refractivity (Wildman–Crippen MR) is 88.0 cm³/mol. The first kappa shape index (κ1) is 19.9. The summed E-state index contributed by atoms with van der Waals surface area (Å²) in [7, 11) is 0. The summed E-state index contributed by atoms with van der Waals surface area (Å²) in [5, 5.41) is 19.7. The lowest BCUT2D eigenvalue weighted by atomic mass is 10.0. The summed E-state index contributed by atoms with van der Waals surface area (Å²) in [6.07, 6.45) is 15.5. The first-order valence-corrected chi connectivity index (χ1v) is 9.06. The van der Waals surface area contributed by atoms with E-state index in [1.807, 2.05) is 0 Å². The normalized spacial score (nSPS) is 14.4. The zero-order chi connectivity index (χ0) is 15.1. The average Bonchev–Trinajstić information content (AvgIpc) is 2.44. The standard InChI is InChI=1S/C18H38O2/c1-3-5-7-9-13-17(19)15-11-12-16-18(20)14-10-8-6-4-2/h17-20H,3-16H2,1-2H3. The van der Waals surface area contributed by atoms with Crippen LogP contribution >= 0.6 is 0 Å². The van der Waals surface area contributed by atoms with Crippen LogP contribution in [0.1, 0.15) is 104 Å². The van der Waals surface area contributed by atoms with E-state index in [4.69, 9.17) is 0 Å². The molecule has 2 unspecified atom stereocenters. The Morgan fingerprint density at radius 3 is 1.10 bits per heavy atom. The molecule has 0 aliphatic carbocycles. The van der Waals surface area contributed by atoms with Gasteiger partial charge >= 0.3 is 0 Å². The molecule has 0 fully saturated rings. The number of rotatable bonds is 15. The molecule has 0 aromatic rings. The number of aliphatic hydroxyl groups excluding tert-OH is 2. The van der Waals surface area contributed by atoms with Crippen LogP contribution in [0.15, 0.2) is 0 Å². The quantitative estimate of drug-likeness (QED) is 0.406. The van der Waals surface area contributed by atoms with Crippen molar-refractivity contribution in [2.75, 3.05) is 0 Å². The SMILES string of the molecule is CCCCCCC(O)CCCCC(O)CCCCCC. The van der Waals surface area contributed by atoms with Crippen molar-refractivity contribution in [1.82, 2.24) is 0 Å². The van der Waals surface area contributed by atoms with Gasteiger partial charge in [-0.05, 0) is 25.7 Å².